The molecule has 0 saturated carbocycles. The molecule has 29 heavy (non-hydrogen) atoms. The van der Waals surface area contributed by atoms with Gasteiger partial charge in [0, 0.05) is 5.56 Å². The molecule has 2 rings (SSSR count). The first-order chi connectivity index (χ1) is 13.2. The van der Waals surface area contributed by atoms with E-state index in [9.17, 15) is 0 Å². The molecular weight excluding hydrogens is 407 g/mol. The van der Waals surface area contributed by atoms with Crippen molar-refractivity contribution in [3.05, 3.63) is 35.7 Å². The van der Waals surface area contributed by atoms with Gasteiger partial charge in [0.15, 0.2) is 0 Å². The van der Waals surface area contributed by atoms with Crippen molar-refractivity contribution in [1.82, 2.24) is 10.1 Å². The van der Waals surface area contributed by atoms with Crippen LogP contribution in [0, 0.1) is 0 Å². The van der Waals surface area contributed by atoms with Crippen molar-refractivity contribution in [3.8, 4) is 11.4 Å². The average Bonchev–Trinajstić information content (AvgIpc) is 3.19. The Morgan fingerprint density at radius 2 is 1.52 bits per heavy atom. The number of halogens is 2. The van der Waals surface area contributed by atoms with E-state index >= 15 is 0 Å². The maximum absolute atomic E-state index is 6.06. The number of rotatable bonds is 14. The number of nitrogens with zero attached hydrogens (tertiary/aromatic N) is 2. The van der Waals surface area contributed by atoms with Gasteiger partial charge in [-0.1, -0.05) is 81.3 Å². The van der Waals surface area contributed by atoms with Crippen LogP contribution in [-0.2, 0) is 6.42 Å². The van der Waals surface area contributed by atoms with Crippen LogP contribution < -0.4 is 11.5 Å². The van der Waals surface area contributed by atoms with Crippen LogP contribution in [0.4, 0.5) is 0 Å². The fraction of sp³-hybridized carbons (Fsp3) is 0.636. The summed E-state index contributed by atoms with van der Waals surface area (Å²) >= 11 is 0. The van der Waals surface area contributed by atoms with E-state index in [2.05, 4.69) is 41.3 Å². The van der Waals surface area contributed by atoms with E-state index in [1.807, 2.05) is 0 Å². The summed E-state index contributed by atoms with van der Waals surface area (Å²) in [6, 6.07) is 8.23. The minimum atomic E-state index is -0.240. The van der Waals surface area contributed by atoms with Crippen LogP contribution in [0.1, 0.15) is 88.6 Å². The maximum atomic E-state index is 6.06. The summed E-state index contributed by atoms with van der Waals surface area (Å²) in [6.45, 7) is 2.89. The Morgan fingerprint density at radius 1 is 0.897 bits per heavy atom. The smallest absolute Gasteiger partial charge is 0.243 e. The lowest BCUT2D eigenvalue weighted by Gasteiger charge is -2.04. The van der Waals surface area contributed by atoms with Gasteiger partial charge in [0.25, 0.3) is 0 Å². The molecule has 166 valence electrons. The van der Waals surface area contributed by atoms with Crippen molar-refractivity contribution in [2.45, 2.75) is 83.6 Å². The first-order valence-electron chi connectivity index (χ1n) is 10.6. The van der Waals surface area contributed by atoms with E-state index in [0.29, 0.717) is 18.3 Å². The van der Waals surface area contributed by atoms with Gasteiger partial charge in [0.05, 0.1) is 6.04 Å². The highest BCUT2D eigenvalue weighted by Gasteiger charge is 2.15. The number of aryl methyl sites for hydroxylation is 1. The Hall–Kier alpha value is -1.14. The van der Waals surface area contributed by atoms with Gasteiger partial charge in [-0.15, -0.1) is 24.8 Å². The van der Waals surface area contributed by atoms with Crippen molar-refractivity contribution in [1.29, 1.82) is 0 Å². The van der Waals surface area contributed by atoms with Crippen LogP contribution in [0.25, 0.3) is 11.4 Å². The second-order valence-corrected chi connectivity index (χ2v) is 7.42. The number of unbranched alkanes of at least 4 members (excludes halogenated alkanes) is 7. The lowest BCUT2D eigenvalue weighted by molar-refractivity contribution is 0.347. The molecule has 2 aromatic rings. The van der Waals surface area contributed by atoms with Crippen molar-refractivity contribution in [2.75, 3.05) is 6.54 Å². The maximum Gasteiger partial charge on any atom is 0.243 e. The molecule has 0 fully saturated rings. The summed E-state index contributed by atoms with van der Waals surface area (Å²) in [7, 11) is 0. The molecule has 4 N–H and O–H groups in total. The highest BCUT2D eigenvalue weighted by Crippen LogP contribution is 2.21. The predicted octanol–water partition coefficient (Wildman–Crippen LogP) is 6.00. The second kappa shape index (κ2) is 16.6. The molecule has 1 atom stereocenters. The van der Waals surface area contributed by atoms with Crippen molar-refractivity contribution in [2.24, 2.45) is 11.5 Å². The molecule has 0 aliphatic rings. The summed E-state index contributed by atoms with van der Waals surface area (Å²) in [4.78, 5) is 4.44. The standard InChI is InChI=1S/C22H36N4O.2ClH/c1-2-3-4-5-6-7-8-9-11-18-13-15-19(16-14-18)21-25-22(27-26-21)20(24)12-10-17-23;;/h13-16,20H,2-12,17,23-24H2,1H3;2*1H. The molecule has 0 aliphatic carbocycles. The molecule has 0 amide bonds. The van der Waals surface area contributed by atoms with Crippen molar-refractivity contribution < 1.29 is 4.52 Å². The van der Waals surface area contributed by atoms with Gasteiger partial charge in [-0.05, 0) is 37.8 Å². The minimum absolute atomic E-state index is 0. The van der Waals surface area contributed by atoms with Gasteiger partial charge in [-0.25, -0.2) is 0 Å². The molecule has 0 bridgehead atoms. The third-order valence-electron chi connectivity index (χ3n) is 5.01. The lowest BCUT2D eigenvalue weighted by Crippen LogP contribution is -2.12. The molecule has 1 aromatic carbocycles. The van der Waals surface area contributed by atoms with Crippen LogP contribution in [0.15, 0.2) is 28.8 Å². The summed E-state index contributed by atoms with van der Waals surface area (Å²) in [6.07, 6.45) is 13.6. The van der Waals surface area contributed by atoms with Crippen molar-refractivity contribution in [3.63, 3.8) is 0 Å². The van der Waals surface area contributed by atoms with E-state index in [0.717, 1.165) is 24.8 Å². The first-order valence-corrected chi connectivity index (χ1v) is 10.6. The fourth-order valence-electron chi connectivity index (χ4n) is 3.25. The molecule has 0 saturated heterocycles. The normalized spacial score (nSPS) is 11.6. The monoisotopic (exact) mass is 444 g/mol. The zero-order chi connectivity index (χ0) is 19.3. The molecule has 1 aromatic heterocycles. The quantitative estimate of drug-likeness (QED) is 0.348. The first kappa shape index (κ1) is 27.9. The zero-order valence-electron chi connectivity index (χ0n) is 17.6. The van der Waals surface area contributed by atoms with Gasteiger partial charge < -0.3 is 16.0 Å². The SMILES string of the molecule is CCCCCCCCCCc1ccc(-c2noc(C(N)CCCN)n2)cc1.Cl.Cl. The molecule has 0 radical (unpaired) electrons. The van der Waals surface area contributed by atoms with E-state index in [-0.39, 0.29) is 30.9 Å². The van der Waals surface area contributed by atoms with E-state index in [4.69, 9.17) is 16.0 Å². The van der Waals surface area contributed by atoms with Gasteiger partial charge >= 0.3 is 0 Å². The Labute approximate surface area is 188 Å². The van der Waals surface area contributed by atoms with E-state index in [1.54, 1.807) is 0 Å². The number of hydrogen-bond acceptors (Lipinski definition) is 5. The Balaban J connectivity index is 0.00000392. The third kappa shape index (κ3) is 10.4. The van der Waals surface area contributed by atoms with Gasteiger partial charge in [-0.2, -0.15) is 4.98 Å². The molecule has 1 unspecified atom stereocenters. The molecule has 7 heteroatoms. The highest BCUT2D eigenvalue weighted by molar-refractivity contribution is 5.85. The minimum Gasteiger partial charge on any atom is -0.337 e. The zero-order valence-corrected chi connectivity index (χ0v) is 19.3. The second-order valence-electron chi connectivity index (χ2n) is 7.42. The third-order valence-corrected chi connectivity index (χ3v) is 5.01. The topological polar surface area (TPSA) is 91.0 Å². The Bertz CT molecular complexity index is 634. The van der Waals surface area contributed by atoms with E-state index in [1.165, 1.54) is 56.9 Å². The van der Waals surface area contributed by atoms with Crippen LogP contribution in [-0.4, -0.2) is 16.7 Å². The molecule has 1 heterocycles. The lowest BCUT2D eigenvalue weighted by atomic mass is 10.0. The average molecular weight is 445 g/mol. The molecule has 0 aliphatic heterocycles. The largest absolute Gasteiger partial charge is 0.337 e. The van der Waals surface area contributed by atoms with Gasteiger partial charge in [-0.3, -0.25) is 0 Å². The molecule has 0 spiro atoms. The number of benzene rings is 1. The van der Waals surface area contributed by atoms with Crippen LogP contribution in [0.3, 0.4) is 0 Å². The van der Waals surface area contributed by atoms with Gasteiger partial charge in [0.1, 0.15) is 0 Å². The highest BCUT2D eigenvalue weighted by atomic mass is 35.5. The summed E-state index contributed by atoms with van der Waals surface area (Å²) in [5.41, 5.74) is 13.9. The number of aromatic nitrogens is 2. The van der Waals surface area contributed by atoms with Crippen LogP contribution in [0.5, 0.6) is 0 Å². The number of nitrogens with two attached hydrogens (primary N) is 2. The van der Waals surface area contributed by atoms with Crippen molar-refractivity contribution >= 4 is 24.8 Å². The van der Waals surface area contributed by atoms with Crippen LogP contribution >= 0.6 is 24.8 Å². The fourth-order valence-corrected chi connectivity index (χ4v) is 3.25. The van der Waals surface area contributed by atoms with Gasteiger partial charge in [0.2, 0.25) is 11.7 Å². The Kier molecular flexibility index (Phi) is 16.0. The molecular formula is C22H38Cl2N4O. The summed E-state index contributed by atoms with van der Waals surface area (Å²) in [5, 5.41) is 4.06. The summed E-state index contributed by atoms with van der Waals surface area (Å²) in [5.74, 6) is 1.09. The Morgan fingerprint density at radius 3 is 2.14 bits per heavy atom. The van der Waals surface area contributed by atoms with E-state index < -0.39 is 0 Å². The predicted molar refractivity (Wildman–Crippen MR) is 126 cm³/mol. The van der Waals surface area contributed by atoms with Crippen LogP contribution in [0.2, 0.25) is 0 Å². The summed E-state index contributed by atoms with van der Waals surface area (Å²) < 4.78 is 5.31. The number of hydrogen-bond donors (Lipinski definition) is 2. The molecule has 5 nitrogen and oxygen atoms in total.